The molecule has 1 aromatic heterocycles. The molecule has 0 bridgehead atoms. The number of hydrogen-bond donors (Lipinski definition) is 1. The minimum atomic E-state index is 0.416. The molecule has 1 heterocycles. The molecule has 1 aliphatic carbocycles. The Morgan fingerprint density at radius 2 is 2.13 bits per heavy atom. The van der Waals surface area contributed by atoms with Crippen LogP contribution in [0.3, 0.4) is 0 Å². The van der Waals surface area contributed by atoms with Gasteiger partial charge in [-0.1, -0.05) is 20.3 Å². The first-order valence-corrected chi connectivity index (χ1v) is 6.76. The van der Waals surface area contributed by atoms with Crippen LogP contribution in [0.15, 0.2) is 5.38 Å². The number of hydrogen-bond acceptors (Lipinski definition) is 3. The SMILES string of the molecule is CC(C)c1nc(C(C)NC2CCC2)cs1. The molecule has 2 nitrogen and oxygen atoms in total. The lowest BCUT2D eigenvalue weighted by atomic mass is 9.92. The predicted molar refractivity (Wildman–Crippen MR) is 65.4 cm³/mol. The molecule has 1 aliphatic rings. The summed E-state index contributed by atoms with van der Waals surface area (Å²) in [7, 11) is 0. The number of aromatic nitrogens is 1. The molecule has 0 saturated heterocycles. The van der Waals surface area contributed by atoms with Gasteiger partial charge >= 0.3 is 0 Å². The highest BCUT2D eigenvalue weighted by atomic mass is 32.1. The van der Waals surface area contributed by atoms with Crippen LogP contribution in [0.5, 0.6) is 0 Å². The summed E-state index contributed by atoms with van der Waals surface area (Å²) in [6.45, 7) is 6.62. The first-order valence-electron chi connectivity index (χ1n) is 5.88. The first-order chi connectivity index (χ1) is 7.16. The van der Waals surface area contributed by atoms with Gasteiger partial charge in [0.2, 0.25) is 0 Å². The van der Waals surface area contributed by atoms with Crippen molar-refractivity contribution in [2.45, 2.75) is 58.0 Å². The van der Waals surface area contributed by atoms with E-state index in [4.69, 9.17) is 0 Å². The van der Waals surface area contributed by atoms with E-state index in [0.717, 1.165) is 6.04 Å². The minimum absolute atomic E-state index is 0.416. The Balaban J connectivity index is 1.95. The largest absolute Gasteiger partial charge is 0.306 e. The highest BCUT2D eigenvalue weighted by Crippen LogP contribution is 2.25. The third kappa shape index (κ3) is 2.58. The molecule has 1 fully saturated rings. The Labute approximate surface area is 96.1 Å². The summed E-state index contributed by atoms with van der Waals surface area (Å²) >= 11 is 1.79. The summed E-state index contributed by atoms with van der Waals surface area (Å²) < 4.78 is 0. The van der Waals surface area contributed by atoms with Gasteiger partial charge in [-0.05, 0) is 19.8 Å². The van der Waals surface area contributed by atoms with E-state index in [1.54, 1.807) is 11.3 Å². The third-order valence-electron chi connectivity index (χ3n) is 3.07. The molecule has 0 spiro atoms. The Morgan fingerprint density at radius 1 is 1.40 bits per heavy atom. The van der Waals surface area contributed by atoms with Crippen LogP contribution in [-0.2, 0) is 0 Å². The number of thiazole rings is 1. The second-order valence-electron chi connectivity index (χ2n) is 4.78. The van der Waals surface area contributed by atoms with Crippen LogP contribution in [0, 0.1) is 0 Å². The molecule has 0 amide bonds. The van der Waals surface area contributed by atoms with Gasteiger partial charge in [-0.15, -0.1) is 11.3 Å². The summed E-state index contributed by atoms with van der Waals surface area (Å²) in [5.41, 5.74) is 1.22. The van der Waals surface area contributed by atoms with E-state index < -0.39 is 0 Å². The van der Waals surface area contributed by atoms with Gasteiger partial charge in [0.25, 0.3) is 0 Å². The van der Waals surface area contributed by atoms with Crippen molar-refractivity contribution in [1.29, 1.82) is 0 Å². The van der Waals surface area contributed by atoms with Crippen molar-refractivity contribution in [2.24, 2.45) is 0 Å². The van der Waals surface area contributed by atoms with Crippen LogP contribution in [0.1, 0.15) is 62.7 Å². The fourth-order valence-electron chi connectivity index (χ4n) is 1.78. The molecule has 3 heteroatoms. The van der Waals surface area contributed by atoms with E-state index in [2.05, 4.69) is 36.5 Å². The van der Waals surface area contributed by atoms with E-state index >= 15 is 0 Å². The van der Waals surface area contributed by atoms with Crippen LogP contribution in [0.2, 0.25) is 0 Å². The summed E-state index contributed by atoms with van der Waals surface area (Å²) in [4.78, 5) is 4.68. The zero-order valence-corrected chi connectivity index (χ0v) is 10.6. The number of rotatable bonds is 4. The second-order valence-corrected chi connectivity index (χ2v) is 5.67. The molecular weight excluding hydrogens is 204 g/mol. The summed E-state index contributed by atoms with van der Waals surface area (Å²) in [5, 5.41) is 7.09. The predicted octanol–water partition coefficient (Wildman–Crippen LogP) is 3.47. The first kappa shape index (κ1) is 11.1. The van der Waals surface area contributed by atoms with Crippen molar-refractivity contribution in [3.05, 3.63) is 16.1 Å². The van der Waals surface area contributed by atoms with Gasteiger partial charge in [0.15, 0.2) is 0 Å². The Bertz CT molecular complexity index is 315. The van der Waals surface area contributed by atoms with Gasteiger partial charge in [-0.3, -0.25) is 0 Å². The summed E-state index contributed by atoms with van der Waals surface area (Å²) in [6, 6.07) is 1.16. The van der Waals surface area contributed by atoms with Gasteiger partial charge in [0.1, 0.15) is 0 Å². The Morgan fingerprint density at radius 3 is 2.60 bits per heavy atom. The zero-order chi connectivity index (χ0) is 10.8. The minimum Gasteiger partial charge on any atom is -0.306 e. The van der Waals surface area contributed by atoms with Gasteiger partial charge in [-0.25, -0.2) is 4.98 Å². The molecule has 84 valence electrons. The van der Waals surface area contributed by atoms with E-state index in [0.29, 0.717) is 12.0 Å². The molecule has 1 atom stereocenters. The van der Waals surface area contributed by atoms with E-state index in [-0.39, 0.29) is 0 Å². The van der Waals surface area contributed by atoms with E-state index in [9.17, 15) is 0 Å². The fraction of sp³-hybridized carbons (Fsp3) is 0.750. The molecule has 1 unspecified atom stereocenters. The van der Waals surface area contributed by atoms with Crippen LogP contribution >= 0.6 is 11.3 Å². The normalized spacial score (nSPS) is 19.2. The standard InChI is InChI=1S/C12H20N2S/c1-8(2)12-14-11(7-15-12)9(3)13-10-5-4-6-10/h7-10,13H,4-6H2,1-3H3. The van der Waals surface area contributed by atoms with Crippen molar-refractivity contribution in [3.8, 4) is 0 Å². The average Bonchev–Trinajstić information content (AvgIpc) is 2.59. The lowest BCUT2D eigenvalue weighted by molar-refractivity contribution is 0.311. The quantitative estimate of drug-likeness (QED) is 0.847. The van der Waals surface area contributed by atoms with Crippen molar-refractivity contribution in [2.75, 3.05) is 0 Å². The maximum Gasteiger partial charge on any atom is 0.0954 e. The van der Waals surface area contributed by atoms with E-state index in [1.165, 1.54) is 30.0 Å². The maximum atomic E-state index is 4.68. The molecule has 1 N–H and O–H groups in total. The lowest BCUT2D eigenvalue weighted by Gasteiger charge is -2.29. The van der Waals surface area contributed by atoms with E-state index in [1.807, 2.05) is 0 Å². The summed E-state index contributed by atoms with van der Waals surface area (Å²) in [5.74, 6) is 0.555. The fourth-order valence-corrected chi connectivity index (χ4v) is 2.71. The summed E-state index contributed by atoms with van der Waals surface area (Å²) in [6.07, 6.45) is 4.07. The van der Waals surface area contributed by atoms with Gasteiger partial charge < -0.3 is 5.32 Å². The molecular formula is C12H20N2S. The molecule has 2 rings (SSSR count). The molecule has 0 radical (unpaired) electrons. The van der Waals surface area contributed by atoms with Crippen molar-refractivity contribution in [3.63, 3.8) is 0 Å². The van der Waals surface area contributed by atoms with Crippen LogP contribution < -0.4 is 5.32 Å². The maximum absolute atomic E-state index is 4.68. The highest BCUT2D eigenvalue weighted by Gasteiger charge is 2.21. The van der Waals surface area contributed by atoms with Gasteiger partial charge in [0.05, 0.1) is 10.7 Å². The van der Waals surface area contributed by atoms with Gasteiger partial charge in [0, 0.05) is 23.4 Å². The second kappa shape index (κ2) is 4.62. The van der Waals surface area contributed by atoms with Crippen LogP contribution in [0.25, 0.3) is 0 Å². The number of nitrogens with zero attached hydrogens (tertiary/aromatic N) is 1. The van der Waals surface area contributed by atoms with Crippen LogP contribution in [-0.4, -0.2) is 11.0 Å². The van der Waals surface area contributed by atoms with Crippen molar-refractivity contribution < 1.29 is 0 Å². The topological polar surface area (TPSA) is 24.9 Å². The monoisotopic (exact) mass is 224 g/mol. The number of nitrogens with one attached hydrogen (secondary N) is 1. The Kier molecular flexibility index (Phi) is 3.42. The highest BCUT2D eigenvalue weighted by molar-refractivity contribution is 7.09. The molecule has 15 heavy (non-hydrogen) atoms. The lowest BCUT2D eigenvalue weighted by Crippen LogP contribution is -2.36. The molecule has 1 saturated carbocycles. The van der Waals surface area contributed by atoms with Gasteiger partial charge in [-0.2, -0.15) is 0 Å². The van der Waals surface area contributed by atoms with Crippen molar-refractivity contribution in [1.82, 2.24) is 10.3 Å². The zero-order valence-electron chi connectivity index (χ0n) is 9.79. The molecule has 1 aromatic rings. The third-order valence-corrected chi connectivity index (χ3v) is 4.23. The van der Waals surface area contributed by atoms with Crippen molar-refractivity contribution >= 4 is 11.3 Å². The average molecular weight is 224 g/mol. The molecule has 0 aliphatic heterocycles. The Hall–Kier alpha value is -0.410. The smallest absolute Gasteiger partial charge is 0.0954 e. The van der Waals surface area contributed by atoms with Crippen LogP contribution in [0.4, 0.5) is 0 Å². The molecule has 0 aromatic carbocycles.